The van der Waals surface area contributed by atoms with Crippen molar-refractivity contribution < 1.29 is 19.1 Å². The minimum absolute atomic E-state index is 0.206. The van der Waals surface area contributed by atoms with Gasteiger partial charge in [-0.1, -0.05) is 12.1 Å². The highest BCUT2D eigenvalue weighted by Crippen LogP contribution is 2.34. The van der Waals surface area contributed by atoms with Crippen LogP contribution in [0, 0.1) is 0 Å². The van der Waals surface area contributed by atoms with E-state index in [1.165, 1.54) is 0 Å². The fourth-order valence-electron chi connectivity index (χ4n) is 2.18. The molecule has 1 aromatic rings. The second-order valence-corrected chi connectivity index (χ2v) is 6.30. The fourth-order valence-corrected chi connectivity index (χ4v) is 2.18. The third-order valence-corrected chi connectivity index (χ3v) is 3.44. The average molecular weight is 276 g/mol. The van der Waals surface area contributed by atoms with Gasteiger partial charge < -0.3 is 9.47 Å². The van der Waals surface area contributed by atoms with Gasteiger partial charge in [0.15, 0.2) is 0 Å². The van der Waals surface area contributed by atoms with Crippen LogP contribution in [0.15, 0.2) is 24.3 Å². The molecule has 4 heteroatoms. The van der Waals surface area contributed by atoms with Crippen molar-refractivity contribution in [3.63, 3.8) is 0 Å². The molecule has 0 amide bonds. The lowest BCUT2D eigenvalue weighted by Crippen LogP contribution is -2.27. The molecule has 0 N–H and O–H groups in total. The zero-order valence-electron chi connectivity index (χ0n) is 12.4. The Kier molecular flexibility index (Phi) is 3.59. The number of benzene rings is 1. The van der Waals surface area contributed by atoms with Crippen LogP contribution >= 0.6 is 0 Å². The van der Waals surface area contributed by atoms with Gasteiger partial charge in [-0.05, 0) is 45.4 Å². The minimum Gasteiger partial charge on any atom is -0.465 e. The molecule has 108 valence electrons. The number of hydrogen-bond acceptors (Lipinski definition) is 4. The molecule has 0 unspecified atom stereocenters. The number of cyclic esters (lactones) is 1. The second-order valence-electron chi connectivity index (χ2n) is 6.30. The van der Waals surface area contributed by atoms with Gasteiger partial charge in [-0.15, -0.1) is 0 Å². The van der Waals surface area contributed by atoms with Crippen molar-refractivity contribution >= 4 is 11.9 Å². The Morgan fingerprint density at radius 3 is 2.30 bits per heavy atom. The molecule has 1 atom stereocenters. The topological polar surface area (TPSA) is 52.6 Å². The van der Waals surface area contributed by atoms with E-state index in [1.807, 2.05) is 27.7 Å². The molecule has 1 aliphatic heterocycles. The molecule has 4 nitrogen and oxygen atoms in total. The Morgan fingerprint density at radius 2 is 1.85 bits per heavy atom. The molecular weight excluding hydrogens is 256 g/mol. The summed E-state index contributed by atoms with van der Waals surface area (Å²) in [6.07, 6.45) is 0.664. The monoisotopic (exact) mass is 276 g/mol. The molecule has 0 spiro atoms. The van der Waals surface area contributed by atoms with E-state index in [-0.39, 0.29) is 11.9 Å². The van der Waals surface area contributed by atoms with Crippen LogP contribution in [0.25, 0.3) is 0 Å². The summed E-state index contributed by atoms with van der Waals surface area (Å²) in [6.45, 7) is 7.80. The van der Waals surface area contributed by atoms with Crippen LogP contribution in [0.4, 0.5) is 0 Å². The number of carbonyl (C=O) groups excluding carboxylic acids is 2. The number of carbonyl (C=O) groups is 2. The first-order valence-corrected chi connectivity index (χ1v) is 6.73. The van der Waals surface area contributed by atoms with Crippen LogP contribution in [0.2, 0.25) is 0 Å². The van der Waals surface area contributed by atoms with E-state index in [0.717, 1.165) is 5.56 Å². The lowest BCUT2D eigenvalue weighted by Gasteiger charge is -2.21. The zero-order valence-corrected chi connectivity index (χ0v) is 12.4. The first-order valence-electron chi connectivity index (χ1n) is 6.73. The summed E-state index contributed by atoms with van der Waals surface area (Å²) in [5.41, 5.74) is 0.231. The normalized spacial score (nSPS) is 22.5. The number of ether oxygens (including phenoxy) is 2. The summed E-state index contributed by atoms with van der Waals surface area (Å²) < 4.78 is 10.3. The van der Waals surface area contributed by atoms with Crippen molar-refractivity contribution in [3.05, 3.63) is 35.4 Å². The van der Waals surface area contributed by atoms with E-state index in [1.54, 1.807) is 24.3 Å². The Labute approximate surface area is 119 Å². The lowest BCUT2D eigenvalue weighted by atomic mass is 9.81. The van der Waals surface area contributed by atoms with Gasteiger partial charge in [0.1, 0.15) is 5.60 Å². The molecule has 0 radical (unpaired) electrons. The van der Waals surface area contributed by atoms with Gasteiger partial charge in [-0.2, -0.15) is 0 Å². The van der Waals surface area contributed by atoms with Gasteiger partial charge >= 0.3 is 11.9 Å². The maximum absolute atomic E-state index is 11.9. The van der Waals surface area contributed by atoms with Crippen LogP contribution in [0.3, 0.4) is 0 Å². The van der Waals surface area contributed by atoms with Gasteiger partial charge in [-0.25, -0.2) is 4.79 Å². The fraction of sp³-hybridized carbons (Fsp3) is 0.500. The molecule has 0 aromatic heterocycles. The summed E-state index contributed by atoms with van der Waals surface area (Å²) >= 11 is 0. The number of hydrogen-bond donors (Lipinski definition) is 0. The van der Waals surface area contributed by atoms with E-state index in [0.29, 0.717) is 18.6 Å². The van der Waals surface area contributed by atoms with E-state index >= 15 is 0 Å². The molecule has 0 aliphatic carbocycles. The number of rotatable bonds is 2. The molecule has 1 saturated heterocycles. The molecule has 20 heavy (non-hydrogen) atoms. The maximum Gasteiger partial charge on any atom is 0.338 e. The van der Waals surface area contributed by atoms with Crippen LogP contribution in [0.1, 0.15) is 50.0 Å². The van der Waals surface area contributed by atoms with Crippen LogP contribution in [0.5, 0.6) is 0 Å². The highest BCUT2D eigenvalue weighted by Gasteiger charge is 2.41. The molecular formula is C16H20O4. The van der Waals surface area contributed by atoms with Gasteiger partial charge in [-0.3, -0.25) is 4.79 Å². The first kappa shape index (κ1) is 14.6. The average Bonchev–Trinajstić information content (AvgIpc) is 2.69. The maximum atomic E-state index is 11.9. The summed E-state index contributed by atoms with van der Waals surface area (Å²) in [4.78, 5) is 23.7. The van der Waals surface area contributed by atoms with Gasteiger partial charge in [0, 0.05) is 6.42 Å². The molecule has 1 heterocycles. The molecule has 1 fully saturated rings. The van der Waals surface area contributed by atoms with Gasteiger partial charge in [0.2, 0.25) is 0 Å². The molecule has 1 aromatic carbocycles. The predicted octanol–water partition coefficient (Wildman–Crippen LogP) is 2.85. The highest BCUT2D eigenvalue weighted by atomic mass is 16.6. The Hall–Kier alpha value is -1.84. The smallest absolute Gasteiger partial charge is 0.338 e. The summed E-state index contributed by atoms with van der Waals surface area (Å²) in [5.74, 6) is -0.564. The lowest BCUT2D eigenvalue weighted by molar-refractivity contribution is -0.142. The zero-order chi connectivity index (χ0) is 15.0. The predicted molar refractivity (Wildman–Crippen MR) is 74.5 cm³/mol. The minimum atomic E-state index is -0.605. The molecule has 0 bridgehead atoms. The summed E-state index contributed by atoms with van der Waals surface area (Å²) in [6, 6.07) is 6.98. The molecule has 0 saturated carbocycles. The molecule has 2 rings (SSSR count). The Bertz CT molecular complexity index is 524. The quantitative estimate of drug-likeness (QED) is 0.779. The van der Waals surface area contributed by atoms with Crippen molar-refractivity contribution in [2.24, 2.45) is 0 Å². The summed E-state index contributed by atoms with van der Waals surface area (Å²) in [7, 11) is 0. The van der Waals surface area contributed by atoms with E-state index < -0.39 is 11.0 Å². The SMILES string of the molecule is CC(C)(C)OC(=O)c1ccc([C@@]2(C)CCOC2=O)cc1. The second kappa shape index (κ2) is 4.93. The van der Waals surface area contributed by atoms with E-state index in [9.17, 15) is 9.59 Å². The van der Waals surface area contributed by atoms with Crippen molar-refractivity contribution in [2.45, 2.75) is 45.1 Å². The van der Waals surface area contributed by atoms with Crippen molar-refractivity contribution in [3.8, 4) is 0 Å². The van der Waals surface area contributed by atoms with Crippen LogP contribution in [-0.2, 0) is 19.7 Å². The molecule has 1 aliphatic rings. The Balaban J connectivity index is 2.19. The standard InChI is InChI=1S/C16H20O4/c1-15(2,3)20-13(17)11-5-7-12(8-6-11)16(4)9-10-19-14(16)18/h5-8H,9-10H2,1-4H3/t16-/m1/s1. The van der Waals surface area contributed by atoms with Crippen molar-refractivity contribution in [2.75, 3.05) is 6.61 Å². The van der Waals surface area contributed by atoms with E-state index in [4.69, 9.17) is 9.47 Å². The highest BCUT2D eigenvalue weighted by molar-refractivity contribution is 5.90. The first-order chi connectivity index (χ1) is 9.22. The van der Waals surface area contributed by atoms with Crippen LogP contribution in [-0.4, -0.2) is 24.1 Å². The Morgan fingerprint density at radius 1 is 1.25 bits per heavy atom. The summed E-state index contributed by atoms with van der Waals surface area (Å²) in [5, 5.41) is 0. The van der Waals surface area contributed by atoms with Crippen LogP contribution < -0.4 is 0 Å². The third kappa shape index (κ3) is 2.84. The number of esters is 2. The van der Waals surface area contributed by atoms with Gasteiger partial charge in [0.25, 0.3) is 0 Å². The van der Waals surface area contributed by atoms with Crippen molar-refractivity contribution in [1.29, 1.82) is 0 Å². The van der Waals surface area contributed by atoms with Crippen molar-refractivity contribution in [1.82, 2.24) is 0 Å². The third-order valence-electron chi connectivity index (χ3n) is 3.44. The van der Waals surface area contributed by atoms with Gasteiger partial charge in [0.05, 0.1) is 17.6 Å². The van der Waals surface area contributed by atoms with E-state index in [2.05, 4.69) is 0 Å². The largest absolute Gasteiger partial charge is 0.465 e.